The van der Waals surface area contributed by atoms with Gasteiger partial charge in [0, 0.05) is 23.8 Å². The van der Waals surface area contributed by atoms with Gasteiger partial charge in [-0.2, -0.15) is 0 Å². The van der Waals surface area contributed by atoms with Crippen molar-refractivity contribution in [3.05, 3.63) is 36.2 Å². The first-order valence-corrected chi connectivity index (χ1v) is 9.58. The molecule has 1 amide bonds. The number of carbonyl (C=O) groups is 2. The molecule has 0 aromatic carbocycles. The van der Waals surface area contributed by atoms with Crippen LogP contribution in [0.15, 0.2) is 30.5 Å². The molecule has 1 unspecified atom stereocenters. The highest BCUT2D eigenvalue weighted by atomic mass is 16.6. The second-order valence-corrected chi connectivity index (χ2v) is 7.56. The Kier molecular flexibility index (Phi) is 7.31. The molecule has 0 N–H and O–H groups in total. The van der Waals surface area contributed by atoms with E-state index in [2.05, 4.69) is 9.97 Å². The molecule has 0 aliphatic carbocycles. The minimum atomic E-state index is -0.721. The molecular formula is C21H29N3O4. The van der Waals surface area contributed by atoms with Gasteiger partial charge in [0.05, 0.1) is 6.61 Å². The van der Waals surface area contributed by atoms with Gasteiger partial charge in [0.15, 0.2) is 5.65 Å². The van der Waals surface area contributed by atoms with Gasteiger partial charge >= 0.3 is 12.1 Å². The van der Waals surface area contributed by atoms with E-state index >= 15 is 0 Å². The molecule has 0 fully saturated rings. The highest BCUT2D eigenvalue weighted by Crippen LogP contribution is 2.15. The van der Waals surface area contributed by atoms with Crippen molar-refractivity contribution < 1.29 is 19.1 Å². The van der Waals surface area contributed by atoms with Gasteiger partial charge in [0.25, 0.3) is 0 Å². The van der Waals surface area contributed by atoms with Gasteiger partial charge in [0.2, 0.25) is 0 Å². The monoisotopic (exact) mass is 387 g/mol. The lowest BCUT2D eigenvalue weighted by molar-refractivity contribution is -0.148. The summed E-state index contributed by atoms with van der Waals surface area (Å²) in [5.41, 5.74) is 0.943. The number of ether oxygens (including phenoxy) is 2. The summed E-state index contributed by atoms with van der Waals surface area (Å²) in [5, 5.41) is 0.984. The Bertz CT molecular complexity index is 817. The summed E-state index contributed by atoms with van der Waals surface area (Å²) in [5.74, 6) is -0.443. The third kappa shape index (κ3) is 6.18. The third-order valence-corrected chi connectivity index (χ3v) is 4.08. The number of hydrogen-bond donors (Lipinski definition) is 0. The standard InChI is InChI=1S/C21H29N3O4/c1-6-27-19(25)15(2)24(20(26)28-21(3,4)5)14-8-10-17-12-11-16-9-7-13-22-18(16)23-17/h7,9,11-13,15H,6,8,10,14H2,1-5H3. The first-order valence-electron chi connectivity index (χ1n) is 9.58. The topological polar surface area (TPSA) is 81.6 Å². The van der Waals surface area contributed by atoms with E-state index in [1.807, 2.05) is 24.3 Å². The molecule has 0 spiro atoms. The second kappa shape index (κ2) is 9.48. The third-order valence-electron chi connectivity index (χ3n) is 4.08. The Labute approximate surface area is 166 Å². The van der Waals surface area contributed by atoms with Crippen molar-refractivity contribution in [2.45, 2.75) is 59.1 Å². The van der Waals surface area contributed by atoms with Gasteiger partial charge in [-0.3, -0.25) is 4.90 Å². The molecule has 2 aromatic heterocycles. The number of nitrogens with zero attached hydrogens (tertiary/aromatic N) is 3. The molecule has 152 valence electrons. The maximum Gasteiger partial charge on any atom is 0.411 e. The van der Waals surface area contributed by atoms with Crippen molar-refractivity contribution in [3.8, 4) is 0 Å². The van der Waals surface area contributed by atoms with Gasteiger partial charge < -0.3 is 9.47 Å². The van der Waals surface area contributed by atoms with Crippen LogP contribution in [0.5, 0.6) is 0 Å². The van der Waals surface area contributed by atoms with E-state index in [4.69, 9.17) is 9.47 Å². The van der Waals surface area contributed by atoms with E-state index in [1.54, 1.807) is 40.8 Å². The summed E-state index contributed by atoms with van der Waals surface area (Å²) in [7, 11) is 0. The number of aryl methyl sites for hydroxylation is 1. The molecule has 28 heavy (non-hydrogen) atoms. The van der Waals surface area contributed by atoms with Gasteiger partial charge in [-0.05, 0) is 71.7 Å². The van der Waals surface area contributed by atoms with Crippen molar-refractivity contribution in [2.24, 2.45) is 0 Å². The van der Waals surface area contributed by atoms with Crippen molar-refractivity contribution in [1.82, 2.24) is 14.9 Å². The average Bonchev–Trinajstić information content (AvgIpc) is 2.63. The van der Waals surface area contributed by atoms with Crippen LogP contribution in [0.2, 0.25) is 0 Å². The number of fused-ring (bicyclic) bond motifs is 1. The lowest BCUT2D eigenvalue weighted by atomic mass is 10.1. The molecule has 2 rings (SSSR count). The quantitative estimate of drug-likeness (QED) is 0.673. The van der Waals surface area contributed by atoms with Crippen LogP contribution >= 0.6 is 0 Å². The summed E-state index contributed by atoms with van der Waals surface area (Å²) in [6.45, 7) is 9.40. The Hall–Kier alpha value is -2.70. The van der Waals surface area contributed by atoms with E-state index < -0.39 is 23.7 Å². The zero-order valence-electron chi connectivity index (χ0n) is 17.3. The number of carbonyl (C=O) groups excluding carboxylic acids is 2. The normalized spacial score (nSPS) is 12.5. The highest BCUT2D eigenvalue weighted by molar-refractivity contribution is 5.81. The van der Waals surface area contributed by atoms with Crippen molar-refractivity contribution >= 4 is 23.1 Å². The number of aromatic nitrogens is 2. The second-order valence-electron chi connectivity index (χ2n) is 7.56. The Balaban J connectivity index is 2.05. The van der Waals surface area contributed by atoms with Crippen molar-refractivity contribution in [3.63, 3.8) is 0 Å². The SMILES string of the molecule is CCOC(=O)C(C)N(CCCc1ccc2cccnc2n1)C(=O)OC(C)(C)C. The summed E-state index contributed by atoms with van der Waals surface area (Å²) in [6.07, 6.45) is 2.47. The molecule has 7 heteroatoms. The average molecular weight is 387 g/mol. The lowest BCUT2D eigenvalue weighted by Gasteiger charge is -2.30. The van der Waals surface area contributed by atoms with Crippen LogP contribution in [0, 0.1) is 0 Å². The predicted molar refractivity (Wildman–Crippen MR) is 107 cm³/mol. The summed E-state index contributed by atoms with van der Waals surface area (Å²) in [6, 6.07) is 7.05. The summed E-state index contributed by atoms with van der Waals surface area (Å²) in [4.78, 5) is 35.0. The smallest absolute Gasteiger partial charge is 0.411 e. The van der Waals surface area contributed by atoms with Crippen molar-refractivity contribution in [1.29, 1.82) is 0 Å². The van der Waals surface area contributed by atoms with Crippen LogP contribution in [-0.2, 0) is 20.7 Å². The molecular weight excluding hydrogens is 358 g/mol. The number of pyridine rings is 2. The van der Waals surface area contributed by atoms with E-state index in [-0.39, 0.29) is 6.61 Å². The van der Waals surface area contributed by atoms with Gasteiger partial charge in [0.1, 0.15) is 11.6 Å². The molecule has 2 heterocycles. The highest BCUT2D eigenvalue weighted by Gasteiger charge is 2.30. The minimum Gasteiger partial charge on any atom is -0.464 e. The van der Waals surface area contributed by atoms with E-state index in [0.29, 0.717) is 25.0 Å². The Morgan fingerprint density at radius 2 is 1.96 bits per heavy atom. The first-order chi connectivity index (χ1) is 13.2. The first kappa shape index (κ1) is 21.6. The molecule has 2 aromatic rings. The van der Waals surface area contributed by atoms with Crippen LogP contribution in [0.25, 0.3) is 11.0 Å². The Morgan fingerprint density at radius 3 is 2.64 bits per heavy atom. The van der Waals surface area contributed by atoms with Gasteiger partial charge in [-0.1, -0.05) is 0 Å². The lowest BCUT2D eigenvalue weighted by Crippen LogP contribution is -2.46. The maximum atomic E-state index is 12.6. The van der Waals surface area contributed by atoms with Crippen molar-refractivity contribution in [2.75, 3.05) is 13.2 Å². The van der Waals surface area contributed by atoms with E-state index in [9.17, 15) is 9.59 Å². The fourth-order valence-electron chi connectivity index (χ4n) is 2.72. The zero-order valence-corrected chi connectivity index (χ0v) is 17.3. The van der Waals surface area contributed by atoms with Crippen LogP contribution in [0.4, 0.5) is 4.79 Å². The molecule has 0 bridgehead atoms. The molecule has 0 aliphatic heterocycles. The molecule has 0 saturated carbocycles. The van der Waals surface area contributed by atoms with E-state index in [0.717, 1.165) is 11.1 Å². The summed E-state index contributed by atoms with van der Waals surface area (Å²) < 4.78 is 10.5. The number of esters is 1. The minimum absolute atomic E-state index is 0.263. The van der Waals surface area contributed by atoms with Gasteiger partial charge in [-0.25, -0.2) is 19.6 Å². The van der Waals surface area contributed by atoms with Crippen LogP contribution < -0.4 is 0 Å². The Morgan fingerprint density at radius 1 is 1.21 bits per heavy atom. The van der Waals surface area contributed by atoms with Crippen LogP contribution in [0.1, 0.15) is 46.7 Å². The fraction of sp³-hybridized carbons (Fsp3) is 0.524. The van der Waals surface area contributed by atoms with Crippen LogP contribution in [0.3, 0.4) is 0 Å². The predicted octanol–water partition coefficient (Wildman–Crippen LogP) is 3.75. The molecule has 0 aliphatic rings. The molecule has 0 radical (unpaired) electrons. The number of hydrogen-bond acceptors (Lipinski definition) is 6. The largest absolute Gasteiger partial charge is 0.464 e. The van der Waals surface area contributed by atoms with Gasteiger partial charge in [-0.15, -0.1) is 0 Å². The maximum absolute atomic E-state index is 12.6. The molecule has 0 saturated heterocycles. The molecule has 1 atom stereocenters. The summed E-state index contributed by atoms with van der Waals surface area (Å²) >= 11 is 0. The molecule has 7 nitrogen and oxygen atoms in total. The zero-order chi connectivity index (χ0) is 20.7. The van der Waals surface area contributed by atoms with Crippen LogP contribution in [-0.4, -0.2) is 51.7 Å². The fourth-order valence-corrected chi connectivity index (χ4v) is 2.72. The van der Waals surface area contributed by atoms with E-state index in [1.165, 1.54) is 4.90 Å². The number of amides is 1. The number of rotatable bonds is 7.